The number of hydrogen-bond donors (Lipinski definition) is 2. The summed E-state index contributed by atoms with van der Waals surface area (Å²) in [5, 5.41) is 4.65. The molecule has 128 valence electrons. The second kappa shape index (κ2) is 6.73. The Morgan fingerprint density at radius 1 is 1.08 bits per heavy atom. The number of amides is 2. The molecule has 0 aliphatic heterocycles. The summed E-state index contributed by atoms with van der Waals surface area (Å²) in [7, 11) is 1.40. The van der Waals surface area contributed by atoms with Gasteiger partial charge in [0, 0.05) is 0 Å². The van der Waals surface area contributed by atoms with Crippen LogP contribution in [0.5, 0.6) is 6.01 Å². The van der Waals surface area contributed by atoms with Gasteiger partial charge in [-0.05, 0) is 26.0 Å². The third kappa shape index (κ3) is 3.92. The molecule has 0 saturated carbocycles. The number of carbonyl (C=O) groups is 1. The van der Waals surface area contributed by atoms with Crippen LogP contribution in [0.1, 0.15) is 17.0 Å². The van der Waals surface area contributed by atoms with Crippen molar-refractivity contribution in [3.05, 3.63) is 41.2 Å². The Hall–Kier alpha value is -2.84. The number of hydrogen-bond acceptors (Lipinski definition) is 4. The minimum Gasteiger partial charge on any atom is -0.467 e. The first-order valence-electron chi connectivity index (χ1n) is 6.86. The van der Waals surface area contributed by atoms with Gasteiger partial charge >= 0.3 is 18.2 Å². The predicted molar refractivity (Wildman–Crippen MR) is 82.1 cm³/mol. The Morgan fingerprint density at radius 2 is 1.67 bits per heavy atom. The zero-order valence-corrected chi connectivity index (χ0v) is 13.2. The van der Waals surface area contributed by atoms with Crippen LogP contribution in [-0.2, 0) is 6.18 Å². The van der Waals surface area contributed by atoms with Crippen LogP contribution in [0.4, 0.5) is 29.3 Å². The van der Waals surface area contributed by atoms with Gasteiger partial charge in [0.25, 0.3) is 0 Å². The molecule has 1 aromatic carbocycles. The molecule has 0 saturated heterocycles. The molecule has 0 bridgehead atoms. The molecule has 1 aromatic heterocycles. The molecule has 0 radical (unpaired) electrons. The first-order valence-corrected chi connectivity index (χ1v) is 6.86. The summed E-state index contributed by atoms with van der Waals surface area (Å²) in [6, 6.07) is 4.02. The number of anilines is 2. The summed E-state index contributed by atoms with van der Waals surface area (Å²) in [6.07, 6.45) is -4.57. The third-order valence-corrected chi connectivity index (χ3v) is 3.15. The summed E-state index contributed by atoms with van der Waals surface area (Å²) in [5.41, 5.74) is -0.109. The lowest BCUT2D eigenvalue weighted by atomic mass is 10.1. The highest BCUT2D eigenvalue weighted by Crippen LogP contribution is 2.34. The second-order valence-corrected chi connectivity index (χ2v) is 4.88. The number of nitrogens with one attached hydrogen (secondary N) is 2. The van der Waals surface area contributed by atoms with Crippen molar-refractivity contribution in [3.8, 4) is 6.01 Å². The van der Waals surface area contributed by atoms with Gasteiger partial charge in [0.2, 0.25) is 0 Å². The number of aryl methyl sites for hydroxylation is 2. The molecular formula is C15H15F3N4O2. The molecular weight excluding hydrogens is 325 g/mol. The topological polar surface area (TPSA) is 76.1 Å². The molecule has 0 unspecified atom stereocenters. The normalized spacial score (nSPS) is 11.1. The minimum atomic E-state index is -4.57. The number of nitrogens with zero attached hydrogens (tertiary/aromatic N) is 2. The van der Waals surface area contributed by atoms with E-state index in [0.717, 1.165) is 6.07 Å². The zero-order valence-electron chi connectivity index (χ0n) is 13.2. The van der Waals surface area contributed by atoms with E-state index in [9.17, 15) is 18.0 Å². The maximum Gasteiger partial charge on any atom is 0.418 e. The van der Waals surface area contributed by atoms with Gasteiger partial charge in [-0.15, -0.1) is 0 Å². The Bertz CT molecular complexity index is 740. The van der Waals surface area contributed by atoms with Crippen LogP contribution in [0.15, 0.2) is 24.3 Å². The highest BCUT2D eigenvalue weighted by molar-refractivity contribution is 6.00. The molecule has 0 aliphatic carbocycles. The summed E-state index contributed by atoms with van der Waals surface area (Å²) < 4.78 is 43.7. The molecule has 2 aromatic rings. The number of ether oxygens (including phenoxy) is 1. The molecule has 24 heavy (non-hydrogen) atoms. The van der Waals surface area contributed by atoms with Gasteiger partial charge in [-0.2, -0.15) is 23.1 Å². The number of rotatable bonds is 3. The number of alkyl halides is 3. The monoisotopic (exact) mass is 340 g/mol. The van der Waals surface area contributed by atoms with Gasteiger partial charge in [0.05, 0.1) is 35.4 Å². The van der Waals surface area contributed by atoms with Crippen LogP contribution in [0.2, 0.25) is 0 Å². The largest absolute Gasteiger partial charge is 0.467 e. The molecule has 6 nitrogen and oxygen atoms in total. The van der Waals surface area contributed by atoms with E-state index in [-0.39, 0.29) is 11.7 Å². The molecule has 0 spiro atoms. The van der Waals surface area contributed by atoms with E-state index < -0.39 is 17.8 Å². The Labute approximate surface area is 136 Å². The van der Waals surface area contributed by atoms with Crippen molar-refractivity contribution in [2.45, 2.75) is 20.0 Å². The summed E-state index contributed by atoms with van der Waals surface area (Å²) in [6.45, 7) is 3.24. The fraction of sp³-hybridized carbons (Fsp3) is 0.267. The number of para-hydroxylation sites is 1. The van der Waals surface area contributed by atoms with E-state index in [1.165, 1.54) is 25.3 Å². The molecule has 0 fully saturated rings. The van der Waals surface area contributed by atoms with Crippen LogP contribution in [0.3, 0.4) is 0 Å². The van der Waals surface area contributed by atoms with Crippen LogP contribution < -0.4 is 15.4 Å². The Balaban J connectivity index is 2.21. The second-order valence-electron chi connectivity index (χ2n) is 4.88. The molecule has 2 amide bonds. The quantitative estimate of drug-likeness (QED) is 0.892. The van der Waals surface area contributed by atoms with E-state index in [0.29, 0.717) is 17.1 Å². The number of urea groups is 1. The van der Waals surface area contributed by atoms with E-state index in [4.69, 9.17) is 4.74 Å². The average Bonchev–Trinajstić information content (AvgIpc) is 2.50. The van der Waals surface area contributed by atoms with Crippen LogP contribution in [0, 0.1) is 13.8 Å². The van der Waals surface area contributed by atoms with Crippen molar-refractivity contribution < 1.29 is 22.7 Å². The molecule has 2 N–H and O–H groups in total. The lowest BCUT2D eigenvalue weighted by molar-refractivity contribution is -0.136. The van der Waals surface area contributed by atoms with E-state index in [1.54, 1.807) is 13.8 Å². The third-order valence-electron chi connectivity index (χ3n) is 3.15. The fourth-order valence-corrected chi connectivity index (χ4v) is 2.06. The van der Waals surface area contributed by atoms with Gasteiger partial charge in [-0.1, -0.05) is 12.1 Å². The average molecular weight is 340 g/mol. The van der Waals surface area contributed by atoms with E-state index in [2.05, 4.69) is 20.6 Å². The van der Waals surface area contributed by atoms with E-state index >= 15 is 0 Å². The zero-order chi connectivity index (χ0) is 17.9. The molecule has 2 rings (SSSR count). The van der Waals surface area contributed by atoms with Crippen molar-refractivity contribution in [1.82, 2.24) is 9.97 Å². The standard InChI is InChI=1S/C15H15F3N4O2/c1-8-12(9(2)20-14(19-8)24-3)22-13(23)21-11-7-5-4-6-10(11)15(16,17)18/h4-7H,1-3H3,(H2,21,22,23). The smallest absolute Gasteiger partial charge is 0.418 e. The van der Waals surface area contributed by atoms with Crippen LogP contribution in [-0.4, -0.2) is 23.1 Å². The SMILES string of the molecule is COc1nc(C)c(NC(=O)Nc2ccccc2C(F)(F)F)c(C)n1. The number of aromatic nitrogens is 2. The lowest BCUT2D eigenvalue weighted by Gasteiger charge is -2.15. The Kier molecular flexibility index (Phi) is 4.91. The van der Waals surface area contributed by atoms with Crippen LogP contribution >= 0.6 is 0 Å². The number of carbonyl (C=O) groups excluding carboxylic acids is 1. The fourth-order valence-electron chi connectivity index (χ4n) is 2.06. The van der Waals surface area contributed by atoms with Gasteiger partial charge in [-0.3, -0.25) is 0 Å². The number of halogens is 3. The van der Waals surface area contributed by atoms with Gasteiger partial charge in [-0.25, -0.2) is 4.79 Å². The number of benzene rings is 1. The Morgan fingerprint density at radius 3 is 2.21 bits per heavy atom. The first kappa shape index (κ1) is 17.5. The predicted octanol–water partition coefficient (Wildman–Crippen LogP) is 3.76. The first-order chi connectivity index (χ1) is 11.2. The highest BCUT2D eigenvalue weighted by Gasteiger charge is 2.33. The van der Waals surface area contributed by atoms with Gasteiger partial charge in [0.1, 0.15) is 0 Å². The lowest BCUT2D eigenvalue weighted by Crippen LogP contribution is -2.23. The van der Waals surface area contributed by atoms with Gasteiger partial charge < -0.3 is 15.4 Å². The summed E-state index contributed by atoms with van der Waals surface area (Å²) >= 11 is 0. The van der Waals surface area contributed by atoms with Crippen molar-refractivity contribution >= 4 is 17.4 Å². The van der Waals surface area contributed by atoms with Crippen molar-refractivity contribution in [3.63, 3.8) is 0 Å². The van der Waals surface area contributed by atoms with Crippen LogP contribution in [0.25, 0.3) is 0 Å². The molecule has 9 heteroatoms. The van der Waals surface area contributed by atoms with Crippen molar-refractivity contribution in [2.24, 2.45) is 0 Å². The number of methoxy groups -OCH3 is 1. The van der Waals surface area contributed by atoms with Crippen molar-refractivity contribution in [1.29, 1.82) is 0 Å². The maximum absolute atomic E-state index is 12.9. The van der Waals surface area contributed by atoms with Crippen molar-refractivity contribution in [2.75, 3.05) is 17.7 Å². The van der Waals surface area contributed by atoms with Gasteiger partial charge in [0.15, 0.2) is 0 Å². The van der Waals surface area contributed by atoms with E-state index in [1.807, 2.05) is 0 Å². The molecule has 1 heterocycles. The highest BCUT2D eigenvalue weighted by atomic mass is 19.4. The maximum atomic E-state index is 12.9. The minimum absolute atomic E-state index is 0.137. The summed E-state index contributed by atoms with van der Waals surface area (Å²) in [4.78, 5) is 20.1. The molecule has 0 aliphatic rings. The summed E-state index contributed by atoms with van der Waals surface area (Å²) in [5.74, 6) is 0. The molecule has 0 atom stereocenters.